The molecule has 0 saturated carbocycles. The third kappa shape index (κ3) is 2.89. The van der Waals surface area contributed by atoms with Gasteiger partial charge in [-0.25, -0.2) is 4.68 Å². The monoisotopic (exact) mass is 302 g/mol. The van der Waals surface area contributed by atoms with E-state index in [-0.39, 0.29) is 0 Å². The Morgan fingerprint density at radius 2 is 2.05 bits per heavy atom. The largest absolute Gasteiger partial charge is 0.338 e. The molecule has 2 heterocycles. The molecule has 2 aromatic heterocycles. The van der Waals surface area contributed by atoms with Gasteiger partial charge in [-0.15, -0.1) is 10.2 Å². The maximum absolute atomic E-state index is 6.04. The summed E-state index contributed by atoms with van der Waals surface area (Å²) in [4.78, 5) is 4.24. The molecule has 0 atom stereocenters. The zero-order valence-electron chi connectivity index (χ0n) is 11.4. The Labute approximate surface area is 125 Å². The van der Waals surface area contributed by atoms with Crippen LogP contribution in [-0.2, 0) is 12.2 Å². The Hall–Kier alpha value is -2.35. The summed E-state index contributed by atoms with van der Waals surface area (Å²) in [6.07, 6.45) is 0.749. The van der Waals surface area contributed by atoms with Crippen LogP contribution in [0.5, 0.6) is 0 Å². The van der Waals surface area contributed by atoms with Crippen molar-refractivity contribution in [3.05, 3.63) is 42.0 Å². The first kappa shape index (κ1) is 13.6. The maximum Gasteiger partial charge on any atom is 0.237 e. The molecule has 0 amide bonds. The van der Waals surface area contributed by atoms with E-state index in [1.807, 2.05) is 37.3 Å². The van der Waals surface area contributed by atoms with E-state index >= 15 is 0 Å². The standard InChI is InChI=1S/C13H14N6OS/c1-2-10-15-11(20-18-10)8-21-13-17-16-12(19(13)14)9-6-4-3-5-7-9/h3-7H,2,8,14H2,1H3. The van der Waals surface area contributed by atoms with Gasteiger partial charge < -0.3 is 10.4 Å². The molecule has 1 aromatic carbocycles. The number of benzene rings is 1. The van der Waals surface area contributed by atoms with Gasteiger partial charge >= 0.3 is 0 Å². The van der Waals surface area contributed by atoms with Crippen LogP contribution in [0.15, 0.2) is 40.0 Å². The number of thioether (sulfide) groups is 1. The van der Waals surface area contributed by atoms with Gasteiger partial charge in [0.1, 0.15) is 0 Å². The Morgan fingerprint density at radius 3 is 2.76 bits per heavy atom. The van der Waals surface area contributed by atoms with Crippen molar-refractivity contribution in [2.45, 2.75) is 24.3 Å². The number of nitrogens with two attached hydrogens (primary N) is 1. The Balaban J connectivity index is 1.74. The highest BCUT2D eigenvalue weighted by molar-refractivity contribution is 7.98. The Morgan fingerprint density at radius 1 is 1.24 bits per heavy atom. The summed E-state index contributed by atoms with van der Waals surface area (Å²) in [5.74, 6) is 8.42. The number of nitrogen functional groups attached to an aromatic ring is 1. The SMILES string of the molecule is CCc1noc(CSc2nnc(-c3ccccc3)n2N)n1. The van der Waals surface area contributed by atoms with E-state index in [0.29, 0.717) is 28.4 Å². The van der Waals surface area contributed by atoms with Crippen molar-refractivity contribution in [1.29, 1.82) is 0 Å². The minimum Gasteiger partial charge on any atom is -0.338 e. The second-order valence-corrected chi connectivity index (χ2v) is 5.23. The summed E-state index contributed by atoms with van der Waals surface area (Å²) in [6.45, 7) is 1.98. The lowest BCUT2D eigenvalue weighted by Gasteiger charge is -2.02. The lowest BCUT2D eigenvalue weighted by Crippen LogP contribution is -2.11. The van der Waals surface area contributed by atoms with E-state index in [9.17, 15) is 0 Å². The van der Waals surface area contributed by atoms with Gasteiger partial charge in [0.2, 0.25) is 11.0 Å². The molecule has 0 radical (unpaired) electrons. The maximum atomic E-state index is 6.04. The van der Waals surface area contributed by atoms with Gasteiger partial charge in [-0.2, -0.15) is 4.98 Å². The van der Waals surface area contributed by atoms with Crippen LogP contribution in [0, 0.1) is 0 Å². The quantitative estimate of drug-likeness (QED) is 0.568. The zero-order valence-corrected chi connectivity index (χ0v) is 12.2. The molecule has 3 aromatic rings. The fourth-order valence-corrected chi connectivity index (χ4v) is 2.47. The molecule has 7 nitrogen and oxygen atoms in total. The molecular weight excluding hydrogens is 288 g/mol. The molecule has 0 aliphatic heterocycles. The smallest absolute Gasteiger partial charge is 0.237 e. The van der Waals surface area contributed by atoms with Crippen LogP contribution in [0.1, 0.15) is 18.6 Å². The first-order valence-corrected chi connectivity index (χ1v) is 7.46. The van der Waals surface area contributed by atoms with Gasteiger partial charge in [0.05, 0.1) is 5.75 Å². The fourth-order valence-electron chi connectivity index (χ4n) is 1.78. The van der Waals surface area contributed by atoms with Crippen molar-refractivity contribution in [1.82, 2.24) is 25.0 Å². The van der Waals surface area contributed by atoms with Crippen molar-refractivity contribution in [3.8, 4) is 11.4 Å². The number of rotatable bonds is 5. The first-order chi connectivity index (χ1) is 10.3. The van der Waals surface area contributed by atoms with Crippen LogP contribution in [0.4, 0.5) is 0 Å². The molecule has 0 spiro atoms. The molecule has 8 heteroatoms. The Bertz CT molecular complexity index is 723. The van der Waals surface area contributed by atoms with Crippen LogP contribution >= 0.6 is 11.8 Å². The predicted molar refractivity (Wildman–Crippen MR) is 78.8 cm³/mol. The van der Waals surface area contributed by atoms with E-state index in [1.54, 1.807) is 0 Å². The predicted octanol–water partition coefficient (Wildman–Crippen LogP) is 1.90. The molecule has 0 bridgehead atoms. The van der Waals surface area contributed by atoms with Crippen LogP contribution in [-0.4, -0.2) is 25.0 Å². The number of nitrogens with zero attached hydrogens (tertiary/aromatic N) is 5. The van der Waals surface area contributed by atoms with Gasteiger partial charge in [0.25, 0.3) is 0 Å². The van der Waals surface area contributed by atoms with E-state index in [0.717, 1.165) is 12.0 Å². The highest BCUT2D eigenvalue weighted by atomic mass is 32.2. The van der Waals surface area contributed by atoms with Crippen LogP contribution in [0.25, 0.3) is 11.4 Å². The molecule has 3 rings (SSSR count). The second-order valence-electron chi connectivity index (χ2n) is 4.29. The number of hydrogen-bond donors (Lipinski definition) is 1. The lowest BCUT2D eigenvalue weighted by molar-refractivity contribution is 0.385. The van der Waals surface area contributed by atoms with Gasteiger partial charge in [0.15, 0.2) is 11.6 Å². The van der Waals surface area contributed by atoms with E-state index < -0.39 is 0 Å². The van der Waals surface area contributed by atoms with Crippen molar-refractivity contribution in [2.75, 3.05) is 5.84 Å². The number of aryl methyl sites for hydroxylation is 1. The van der Waals surface area contributed by atoms with Gasteiger partial charge in [-0.05, 0) is 0 Å². The van der Waals surface area contributed by atoms with Crippen LogP contribution in [0.3, 0.4) is 0 Å². The average molecular weight is 302 g/mol. The molecule has 0 aliphatic carbocycles. The lowest BCUT2D eigenvalue weighted by atomic mass is 10.2. The average Bonchev–Trinajstić information content (AvgIpc) is 3.13. The summed E-state index contributed by atoms with van der Waals surface area (Å²) in [7, 11) is 0. The van der Waals surface area contributed by atoms with Gasteiger partial charge in [-0.1, -0.05) is 54.2 Å². The summed E-state index contributed by atoms with van der Waals surface area (Å²) < 4.78 is 6.60. The first-order valence-electron chi connectivity index (χ1n) is 6.48. The Kier molecular flexibility index (Phi) is 3.87. The molecule has 0 saturated heterocycles. The second kappa shape index (κ2) is 5.96. The van der Waals surface area contributed by atoms with E-state index in [4.69, 9.17) is 10.4 Å². The third-order valence-corrected chi connectivity index (χ3v) is 3.78. The molecular formula is C13H14N6OS. The molecule has 2 N–H and O–H groups in total. The van der Waals surface area contributed by atoms with Crippen molar-refractivity contribution in [3.63, 3.8) is 0 Å². The number of hydrogen-bond acceptors (Lipinski definition) is 7. The summed E-state index contributed by atoms with van der Waals surface area (Å²) in [5.41, 5.74) is 0.922. The van der Waals surface area contributed by atoms with E-state index in [2.05, 4.69) is 20.3 Å². The molecule has 0 fully saturated rings. The van der Waals surface area contributed by atoms with E-state index in [1.165, 1.54) is 16.4 Å². The van der Waals surface area contributed by atoms with Gasteiger partial charge in [-0.3, -0.25) is 0 Å². The van der Waals surface area contributed by atoms with Gasteiger partial charge in [0, 0.05) is 12.0 Å². The number of aromatic nitrogens is 5. The molecule has 108 valence electrons. The van der Waals surface area contributed by atoms with Crippen molar-refractivity contribution < 1.29 is 4.52 Å². The molecule has 0 unspecified atom stereocenters. The van der Waals surface area contributed by atoms with Crippen molar-refractivity contribution >= 4 is 11.8 Å². The minimum absolute atomic E-state index is 0.511. The fraction of sp³-hybridized carbons (Fsp3) is 0.231. The van der Waals surface area contributed by atoms with Crippen LogP contribution < -0.4 is 5.84 Å². The van der Waals surface area contributed by atoms with Crippen LogP contribution in [0.2, 0.25) is 0 Å². The highest BCUT2D eigenvalue weighted by Gasteiger charge is 2.13. The topological polar surface area (TPSA) is 95.7 Å². The normalized spacial score (nSPS) is 10.9. The molecule has 21 heavy (non-hydrogen) atoms. The van der Waals surface area contributed by atoms with Crippen molar-refractivity contribution in [2.24, 2.45) is 0 Å². The zero-order chi connectivity index (χ0) is 14.7. The summed E-state index contributed by atoms with van der Waals surface area (Å²) >= 11 is 1.41. The minimum atomic E-state index is 0.511. The molecule has 0 aliphatic rings. The summed E-state index contributed by atoms with van der Waals surface area (Å²) in [6, 6.07) is 9.68. The highest BCUT2D eigenvalue weighted by Crippen LogP contribution is 2.23. The summed E-state index contributed by atoms with van der Waals surface area (Å²) in [5, 5.41) is 12.7. The third-order valence-electron chi connectivity index (χ3n) is 2.85.